The normalized spacial score (nSPS) is 9.69. The molecule has 2 aromatic rings. The van der Waals surface area contributed by atoms with Crippen LogP contribution >= 0.6 is 11.3 Å². The second-order valence-electron chi connectivity index (χ2n) is 3.11. The topological polar surface area (TPSA) is 61.6 Å². The number of hydrogen-bond acceptors (Lipinski definition) is 5. The minimum Gasteiger partial charge on any atom is -0.382 e. The quantitative estimate of drug-likeness (QED) is 0.873. The highest BCUT2D eigenvalue weighted by Gasteiger charge is 2.01. The van der Waals surface area contributed by atoms with E-state index in [0.717, 1.165) is 23.7 Å². The highest BCUT2D eigenvalue weighted by Crippen LogP contribution is 2.11. The van der Waals surface area contributed by atoms with Crippen LogP contribution in [0, 0.1) is 11.3 Å². The number of anilines is 1. The van der Waals surface area contributed by atoms with Crippen LogP contribution in [0.25, 0.3) is 0 Å². The molecule has 80 valence electrons. The van der Waals surface area contributed by atoms with Crippen molar-refractivity contribution in [2.24, 2.45) is 0 Å². The monoisotopic (exact) mass is 230 g/mol. The standard InChI is InChI=1S/C11H10N4S/c12-8-10-9(2-1-4-13-10)14-5-3-11-15-6-7-16-11/h1-2,4,6-7,14H,3,5H2. The van der Waals surface area contributed by atoms with E-state index >= 15 is 0 Å². The molecule has 5 heteroatoms. The maximum Gasteiger partial charge on any atom is 0.163 e. The first-order valence-electron chi connectivity index (χ1n) is 4.87. The van der Waals surface area contributed by atoms with Crippen LogP contribution in [0.5, 0.6) is 0 Å². The van der Waals surface area contributed by atoms with Crippen LogP contribution in [0.2, 0.25) is 0 Å². The molecule has 2 rings (SSSR count). The summed E-state index contributed by atoms with van der Waals surface area (Å²) in [6.45, 7) is 0.758. The molecule has 0 fully saturated rings. The Morgan fingerprint density at radius 3 is 3.06 bits per heavy atom. The van der Waals surface area contributed by atoms with Gasteiger partial charge in [-0.1, -0.05) is 0 Å². The summed E-state index contributed by atoms with van der Waals surface area (Å²) in [6, 6.07) is 5.72. The molecule has 0 amide bonds. The molecule has 2 heterocycles. The second-order valence-corrected chi connectivity index (χ2v) is 4.09. The third-order valence-electron chi connectivity index (χ3n) is 2.05. The van der Waals surface area contributed by atoms with E-state index in [1.54, 1.807) is 23.7 Å². The van der Waals surface area contributed by atoms with Gasteiger partial charge in [-0.25, -0.2) is 9.97 Å². The zero-order chi connectivity index (χ0) is 11.2. The van der Waals surface area contributed by atoms with Gasteiger partial charge in [-0.15, -0.1) is 11.3 Å². The van der Waals surface area contributed by atoms with Crippen LogP contribution in [0.4, 0.5) is 5.69 Å². The van der Waals surface area contributed by atoms with Crippen molar-refractivity contribution in [2.75, 3.05) is 11.9 Å². The lowest BCUT2D eigenvalue weighted by Gasteiger charge is -2.05. The van der Waals surface area contributed by atoms with E-state index in [0.29, 0.717) is 5.69 Å². The molecule has 1 N–H and O–H groups in total. The Bertz CT molecular complexity index is 487. The van der Waals surface area contributed by atoms with E-state index in [1.807, 2.05) is 17.5 Å². The summed E-state index contributed by atoms with van der Waals surface area (Å²) in [5.74, 6) is 0. The van der Waals surface area contributed by atoms with Crippen molar-refractivity contribution < 1.29 is 0 Å². The first kappa shape index (κ1) is 10.6. The third-order valence-corrected chi connectivity index (χ3v) is 2.89. The summed E-state index contributed by atoms with van der Waals surface area (Å²) in [6.07, 6.45) is 4.27. The molecule has 0 spiro atoms. The molecule has 0 aliphatic rings. The predicted molar refractivity (Wildman–Crippen MR) is 63.3 cm³/mol. The molecule has 0 aliphatic heterocycles. The van der Waals surface area contributed by atoms with Crippen molar-refractivity contribution in [1.82, 2.24) is 9.97 Å². The molecule has 16 heavy (non-hydrogen) atoms. The number of pyridine rings is 1. The summed E-state index contributed by atoms with van der Waals surface area (Å²) in [4.78, 5) is 8.16. The molecule has 0 aliphatic carbocycles. The molecular weight excluding hydrogens is 220 g/mol. The number of aromatic nitrogens is 2. The van der Waals surface area contributed by atoms with Crippen LogP contribution in [0.15, 0.2) is 29.9 Å². The lowest BCUT2D eigenvalue weighted by molar-refractivity contribution is 0.994. The summed E-state index contributed by atoms with van der Waals surface area (Å²) in [5, 5.41) is 15.1. The van der Waals surface area contributed by atoms with Gasteiger partial charge in [-0.05, 0) is 12.1 Å². The molecule has 2 aromatic heterocycles. The van der Waals surface area contributed by atoms with Crippen molar-refractivity contribution in [3.8, 4) is 6.07 Å². The van der Waals surface area contributed by atoms with Crippen molar-refractivity contribution in [1.29, 1.82) is 5.26 Å². The molecule has 0 unspecified atom stereocenters. The first-order valence-corrected chi connectivity index (χ1v) is 5.75. The van der Waals surface area contributed by atoms with Gasteiger partial charge < -0.3 is 5.32 Å². The Hall–Kier alpha value is -1.93. The van der Waals surface area contributed by atoms with E-state index in [1.165, 1.54) is 0 Å². The van der Waals surface area contributed by atoms with Crippen molar-refractivity contribution in [2.45, 2.75) is 6.42 Å². The molecule has 0 radical (unpaired) electrons. The fourth-order valence-corrected chi connectivity index (χ4v) is 1.94. The summed E-state index contributed by atoms with van der Waals surface area (Å²) in [7, 11) is 0. The van der Waals surface area contributed by atoms with Gasteiger partial charge in [0.1, 0.15) is 6.07 Å². The van der Waals surface area contributed by atoms with Crippen molar-refractivity contribution in [3.05, 3.63) is 40.6 Å². The van der Waals surface area contributed by atoms with E-state index in [9.17, 15) is 0 Å². The van der Waals surface area contributed by atoms with Crippen LogP contribution in [0.1, 0.15) is 10.7 Å². The SMILES string of the molecule is N#Cc1ncccc1NCCc1nccs1. The van der Waals surface area contributed by atoms with E-state index in [2.05, 4.69) is 21.4 Å². The molecule has 0 saturated carbocycles. The van der Waals surface area contributed by atoms with Crippen LogP contribution in [-0.4, -0.2) is 16.5 Å². The Labute approximate surface area is 97.6 Å². The Kier molecular flexibility index (Phi) is 3.46. The van der Waals surface area contributed by atoms with E-state index < -0.39 is 0 Å². The van der Waals surface area contributed by atoms with Crippen LogP contribution < -0.4 is 5.32 Å². The average molecular weight is 230 g/mol. The molecule has 4 nitrogen and oxygen atoms in total. The van der Waals surface area contributed by atoms with Gasteiger partial charge in [-0.2, -0.15) is 5.26 Å². The summed E-state index contributed by atoms with van der Waals surface area (Å²) < 4.78 is 0. The summed E-state index contributed by atoms with van der Waals surface area (Å²) in [5.41, 5.74) is 1.21. The zero-order valence-electron chi connectivity index (χ0n) is 8.55. The number of nitriles is 1. The summed E-state index contributed by atoms with van der Waals surface area (Å²) >= 11 is 1.64. The number of hydrogen-bond donors (Lipinski definition) is 1. The number of rotatable bonds is 4. The smallest absolute Gasteiger partial charge is 0.163 e. The van der Waals surface area contributed by atoms with Gasteiger partial charge in [-0.3, -0.25) is 0 Å². The predicted octanol–water partition coefficient (Wildman–Crippen LogP) is 2.06. The highest BCUT2D eigenvalue weighted by molar-refractivity contribution is 7.09. The van der Waals surface area contributed by atoms with Crippen LogP contribution in [-0.2, 0) is 6.42 Å². The zero-order valence-corrected chi connectivity index (χ0v) is 9.37. The van der Waals surface area contributed by atoms with Gasteiger partial charge in [0.25, 0.3) is 0 Å². The Morgan fingerprint density at radius 2 is 2.31 bits per heavy atom. The fourth-order valence-electron chi connectivity index (χ4n) is 1.32. The molecular formula is C11H10N4S. The minimum atomic E-state index is 0.432. The molecule has 0 atom stereocenters. The number of thiazole rings is 1. The second kappa shape index (κ2) is 5.24. The van der Waals surface area contributed by atoms with Crippen molar-refractivity contribution >= 4 is 17.0 Å². The van der Waals surface area contributed by atoms with Crippen molar-refractivity contribution in [3.63, 3.8) is 0 Å². The Balaban J connectivity index is 1.93. The van der Waals surface area contributed by atoms with Gasteiger partial charge in [0.2, 0.25) is 0 Å². The molecule has 0 saturated heterocycles. The van der Waals surface area contributed by atoms with Gasteiger partial charge in [0.15, 0.2) is 5.69 Å². The third kappa shape index (κ3) is 2.55. The number of nitrogens with zero attached hydrogens (tertiary/aromatic N) is 3. The first-order chi connectivity index (χ1) is 7.90. The van der Waals surface area contributed by atoms with E-state index in [4.69, 9.17) is 5.26 Å². The van der Waals surface area contributed by atoms with Gasteiger partial charge in [0, 0.05) is 30.7 Å². The number of nitrogens with one attached hydrogen (secondary N) is 1. The maximum absolute atomic E-state index is 8.84. The van der Waals surface area contributed by atoms with Crippen LogP contribution in [0.3, 0.4) is 0 Å². The highest BCUT2D eigenvalue weighted by atomic mass is 32.1. The van der Waals surface area contributed by atoms with Gasteiger partial charge >= 0.3 is 0 Å². The lowest BCUT2D eigenvalue weighted by Crippen LogP contribution is -2.06. The maximum atomic E-state index is 8.84. The fraction of sp³-hybridized carbons (Fsp3) is 0.182. The molecule has 0 bridgehead atoms. The largest absolute Gasteiger partial charge is 0.382 e. The average Bonchev–Trinajstić information content (AvgIpc) is 2.83. The Morgan fingerprint density at radius 1 is 1.38 bits per heavy atom. The lowest BCUT2D eigenvalue weighted by atomic mass is 10.3. The molecule has 0 aromatic carbocycles. The van der Waals surface area contributed by atoms with E-state index in [-0.39, 0.29) is 0 Å². The van der Waals surface area contributed by atoms with Gasteiger partial charge in [0.05, 0.1) is 10.7 Å². The minimum absolute atomic E-state index is 0.432.